The molecule has 1 saturated carbocycles. The third-order valence-electron chi connectivity index (χ3n) is 4.01. The van der Waals surface area contributed by atoms with Crippen molar-refractivity contribution in [2.24, 2.45) is 11.8 Å². The molecule has 1 aliphatic carbocycles. The Hall–Kier alpha value is -1.32. The van der Waals surface area contributed by atoms with Crippen molar-refractivity contribution in [1.29, 1.82) is 0 Å². The Bertz CT molecular complexity index is 327. The maximum absolute atomic E-state index is 11.5. The summed E-state index contributed by atoms with van der Waals surface area (Å²) in [5.74, 6) is 0.497. The molecule has 0 spiro atoms. The van der Waals surface area contributed by atoms with Crippen LogP contribution in [-0.2, 0) is 19.1 Å². The summed E-state index contributed by atoms with van der Waals surface area (Å²) in [6.07, 6.45) is 7.51. The largest absolute Gasteiger partial charge is 0.466 e. The minimum Gasteiger partial charge on any atom is -0.466 e. The molecule has 1 unspecified atom stereocenters. The summed E-state index contributed by atoms with van der Waals surface area (Å²) >= 11 is 0. The first-order valence-corrected chi connectivity index (χ1v) is 7.03. The lowest BCUT2D eigenvalue weighted by Gasteiger charge is -2.31. The van der Waals surface area contributed by atoms with Crippen LogP contribution >= 0.6 is 0 Å². The normalized spacial score (nSPS) is 25.0. The fraction of sp³-hybridized carbons (Fsp3) is 0.733. The lowest BCUT2D eigenvalue weighted by molar-refractivity contribution is -0.145. The molecule has 0 heterocycles. The van der Waals surface area contributed by atoms with E-state index in [1.54, 1.807) is 0 Å². The molecule has 0 bridgehead atoms. The van der Waals surface area contributed by atoms with E-state index in [-0.39, 0.29) is 6.10 Å². The zero-order valence-corrected chi connectivity index (χ0v) is 12.1. The van der Waals surface area contributed by atoms with E-state index >= 15 is 0 Å². The van der Waals surface area contributed by atoms with Gasteiger partial charge in [-0.1, -0.05) is 20.3 Å². The fourth-order valence-corrected chi connectivity index (χ4v) is 2.52. The highest BCUT2D eigenvalue weighted by Gasteiger charge is 2.26. The standard InChI is InChI=1S/C15H24O4/c1-4-11(2)12-5-7-13(8-6-12)19-15(17)10-9-14(16)18-3/h9-13H,4-8H2,1-3H3/b10-9+. The second-order valence-electron chi connectivity index (χ2n) is 5.22. The monoisotopic (exact) mass is 268 g/mol. The van der Waals surface area contributed by atoms with Gasteiger partial charge in [0, 0.05) is 12.2 Å². The van der Waals surface area contributed by atoms with Gasteiger partial charge in [0.25, 0.3) is 0 Å². The summed E-state index contributed by atoms with van der Waals surface area (Å²) < 4.78 is 9.72. The van der Waals surface area contributed by atoms with Crippen LogP contribution in [0.1, 0.15) is 46.0 Å². The molecule has 0 saturated heterocycles. The van der Waals surface area contributed by atoms with Crippen LogP contribution in [0.3, 0.4) is 0 Å². The van der Waals surface area contributed by atoms with E-state index in [9.17, 15) is 9.59 Å². The minimum absolute atomic E-state index is 0.00453. The van der Waals surface area contributed by atoms with Gasteiger partial charge in [-0.3, -0.25) is 0 Å². The Balaban J connectivity index is 2.31. The van der Waals surface area contributed by atoms with Crippen LogP contribution in [0, 0.1) is 11.8 Å². The van der Waals surface area contributed by atoms with Crippen molar-refractivity contribution in [2.45, 2.75) is 52.1 Å². The zero-order chi connectivity index (χ0) is 14.3. The van der Waals surface area contributed by atoms with Crippen LogP contribution in [0.5, 0.6) is 0 Å². The lowest BCUT2D eigenvalue weighted by atomic mass is 9.79. The Morgan fingerprint density at radius 1 is 1.16 bits per heavy atom. The molecule has 4 heteroatoms. The molecule has 108 valence electrons. The van der Waals surface area contributed by atoms with Gasteiger partial charge < -0.3 is 9.47 Å². The van der Waals surface area contributed by atoms with Crippen LogP contribution in [0.15, 0.2) is 12.2 Å². The van der Waals surface area contributed by atoms with Gasteiger partial charge in [0.2, 0.25) is 0 Å². The average molecular weight is 268 g/mol. The van der Waals surface area contributed by atoms with Crippen LogP contribution in [0.2, 0.25) is 0 Å². The third-order valence-corrected chi connectivity index (χ3v) is 4.01. The van der Waals surface area contributed by atoms with Gasteiger partial charge in [-0.15, -0.1) is 0 Å². The molecule has 0 amide bonds. The van der Waals surface area contributed by atoms with E-state index in [1.165, 1.54) is 13.5 Å². The Labute approximate surface area is 115 Å². The van der Waals surface area contributed by atoms with E-state index in [1.807, 2.05) is 0 Å². The van der Waals surface area contributed by atoms with Gasteiger partial charge in [-0.2, -0.15) is 0 Å². The smallest absolute Gasteiger partial charge is 0.331 e. The maximum Gasteiger partial charge on any atom is 0.331 e. The van der Waals surface area contributed by atoms with Crippen LogP contribution in [0.4, 0.5) is 0 Å². The van der Waals surface area contributed by atoms with E-state index < -0.39 is 11.9 Å². The van der Waals surface area contributed by atoms with Crippen molar-refractivity contribution in [3.05, 3.63) is 12.2 Å². The molecule has 1 aliphatic rings. The first kappa shape index (κ1) is 15.7. The summed E-state index contributed by atoms with van der Waals surface area (Å²) in [7, 11) is 1.27. The summed E-state index contributed by atoms with van der Waals surface area (Å²) in [5, 5.41) is 0. The van der Waals surface area contributed by atoms with E-state index in [2.05, 4.69) is 18.6 Å². The highest BCUT2D eigenvalue weighted by atomic mass is 16.5. The number of rotatable bonds is 5. The zero-order valence-electron chi connectivity index (χ0n) is 12.1. The Morgan fingerprint density at radius 3 is 2.26 bits per heavy atom. The van der Waals surface area contributed by atoms with Gasteiger partial charge in [0.05, 0.1) is 7.11 Å². The van der Waals surface area contributed by atoms with Crippen LogP contribution in [0.25, 0.3) is 0 Å². The number of methoxy groups -OCH3 is 1. The van der Waals surface area contributed by atoms with Crippen molar-refractivity contribution < 1.29 is 19.1 Å². The molecule has 0 aromatic heterocycles. The number of hydrogen-bond acceptors (Lipinski definition) is 4. The number of carbonyl (C=O) groups is 2. The summed E-state index contributed by atoms with van der Waals surface area (Å²) in [6.45, 7) is 4.50. The lowest BCUT2D eigenvalue weighted by Crippen LogP contribution is -2.26. The molecule has 19 heavy (non-hydrogen) atoms. The Morgan fingerprint density at radius 2 is 1.74 bits per heavy atom. The van der Waals surface area contributed by atoms with Crippen LogP contribution < -0.4 is 0 Å². The summed E-state index contributed by atoms with van der Waals surface area (Å²) in [6, 6.07) is 0. The van der Waals surface area contributed by atoms with Crippen molar-refractivity contribution in [3.63, 3.8) is 0 Å². The highest BCUT2D eigenvalue weighted by molar-refractivity contribution is 5.91. The first-order chi connectivity index (χ1) is 9.06. The molecule has 0 aliphatic heterocycles. The highest BCUT2D eigenvalue weighted by Crippen LogP contribution is 2.32. The third kappa shape index (κ3) is 5.45. The predicted molar refractivity (Wildman–Crippen MR) is 72.4 cm³/mol. The molecule has 0 N–H and O–H groups in total. The van der Waals surface area contributed by atoms with Crippen molar-refractivity contribution in [2.75, 3.05) is 7.11 Å². The predicted octanol–water partition coefficient (Wildman–Crippen LogP) is 2.86. The molecule has 1 rings (SSSR count). The maximum atomic E-state index is 11.5. The molecule has 1 fully saturated rings. The summed E-state index contributed by atoms with van der Waals surface area (Å²) in [5.41, 5.74) is 0. The summed E-state index contributed by atoms with van der Waals surface area (Å²) in [4.78, 5) is 22.3. The molecule has 0 aromatic carbocycles. The van der Waals surface area contributed by atoms with Gasteiger partial charge >= 0.3 is 11.9 Å². The second-order valence-corrected chi connectivity index (χ2v) is 5.22. The number of hydrogen-bond donors (Lipinski definition) is 0. The minimum atomic E-state index is -0.544. The van der Waals surface area contributed by atoms with Crippen LogP contribution in [-0.4, -0.2) is 25.2 Å². The quantitative estimate of drug-likeness (QED) is 0.568. The van der Waals surface area contributed by atoms with Gasteiger partial charge in [-0.25, -0.2) is 9.59 Å². The van der Waals surface area contributed by atoms with Gasteiger partial charge in [0.15, 0.2) is 0 Å². The fourth-order valence-electron chi connectivity index (χ4n) is 2.52. The van der Waals surface area contributed by atoms with E-state index in [4.69, 9.17) is 4.74 Å². The topological polar surface area (TPSA) is 52.6 Å². The van der Waals surface area contributed by atoms with E-state index in [0.717, 1.165) is 49.7 Å². The van der Waals surface area contributed by atoms with Gasteiger partial charge in [0.1, 0.15) is 6.10 Å². The molecular formula is C15H24O4. The number of esters is 2. The van der Waals surface area contributed by atoms with Gasteiger partial charge in [-0.05, 0) is 37.5 Å². The molecular weight excluding hydrogens is 244 g/mol. The molecule has 4 nitrogen and oxygen atoms in total. The molecule has 0 radical (unpaired) electrons. The second kappa shape index (κ2) is 7.97. The SMILES string of the molecule is CCC(C)C1CCC(OC(=O)/C=C/C(=O)OC)CC1. The molecule has 0 aromatic rings. The molecule has 1 atom stereocenters. The van der Waals surface area contributed by atoms with Crippen molar-refractivity contribution in [3.8, 4) is 0 Å². The Kier molecular flexibility index (Phi) is 6.60. The van der Waals surface area contributed by atoms with Crippen molar-refractivity contribution in [1.82, 2.24) is 0 Å². The van der Waals surface area contributed by atoms with Crippen molar-refractivity contribution >= 4 is 11.9 Å². The number of carbonyl (C=O) groups excluding carboxylic acids is 2. The number of ether oxygens (including phenoxy) is 2. The van der Waals surface area contributed by atoms with E-state index in [0.29, 0.717) is 0 Å². The average Bonchev–Trinajstić information content (AvgIpc) is 2.44. The first-order valence-electron chi connectivity index (χ1n) is 7.03.